The van der Waals surface area contributed by atoms with Crippen molar-refractivity contribution in [2.45, 2.75) is 6.92 Å². The molecule has 7 nitrogen and oxygen atoms in total. The molecule has 0 radical (unpaired) electrons. The molecule has 0 saturated carbocycles. The molecule has 22 heavy (non-hydrogen) atoms. The summed E-state index contributed by atoms with van der Waals surface area (Å²) in [5.74, 6) is 0.909. The van der Waals surface area contributed by atoms with E-state index in [0.717, 1.165) is 11.1 Å². The molecule has 2 heterocycles. The molecule has 3 rings (SSSR count). The molecule has 1 aromatic carbocycles. The number of hydrogen-bond acceptors (Lipinski definition) is 6. The van der Waals surface area contributed by atoms with Crippen molar-refractivity contribution in [3.05, 3.63) is 42.9 Å². The molecule has 0 unspecified atom stereocenters. The van der Waals surface area contributed by atoms with Crippen LogP contribution in [0.25, 0.3) is 10.9 Å². The van der Waals surface area contributed by atoms with Crippen molar-refractivity contribution in [1.82, 2.24) is 15.0 Å². The van der Waals surface area contributed by atoms with Crippen molar-refractivity contribution >= 4 is 39.8 Å². The highest BCUT2D eigenvalue weighted by molar-refractivity contribution is 5.92. The smallest absolute Gasteiger partial charge is 0.221 e. The van der Waals surface area contributed by atoms with E-state index in [4.69, 9.17) is 5.73 Å². The maximum absolute atomic E-state index is 11.1. The Morgan fingerprint density at radius 3 is 2.77 bits per heavy atom. The standard InChI is InChI=1S/C15H14N6O/c1-9(22)20-10-3-2-4-11(5-10)21-15-12-7-17-14(16)6-13(12)18-8-19-15/h2-8H,1H3,(H2,16,17)(H,20,22)(H,18,19,21). The minimum absolute atomic E-state index is 0.121. The van der Waals surface area contributed by atoms with E-state index in [9.17, 15) is 4.79 Å². The lowest BCUT2D eigenvalue weighted by Crippen LogP contribution is -2.06. The first-order valence-corrected chi connectivity index (χ1v) is 6.63. The number of nitrogens with one attached hydrogen (secondary N) is 2. The molecule has 0 aliphatic heterocycles. The van der Waals surface area contributed by atoms with Crippen LogP contribution < -0.4 is 16.4 Å². The predicted molar refractivity (Wildman–Crippen MR) is 85.8 cm³/mol. The second-order valence-electron chi connectivity index (χ2n) is 4.74. The van der Waals surface area contributed by atoms with Crippen LogP contribution in [0.5, 0.6) is 0 Å². The fraction of sp³-hybridized carbons (Fsp3) is 0.0667. The van der Waals surface area contributed by atoms with Gasteiger partial charge in [-0.25, -0.2) is 15.0 Å². The van der Waals surface area contributed by atoms with E-state index in [1.807, 2.05) is 24.3 Å². The maximum atomic E-state index is 11.1. The normalized spacial score (nSPS) is 10.4. The Bertz CT molecular complexity index is 848. The first-order chi connectivity index (χ1) is 10.6. The maximum Gasteiger partial charge on any atom is 0.221 e. The molecule has 2 aromatic heterocycles. The monoisotopic (exact) mass is 294 g/mol. The molecule has 0 bridgehead atoms. The lowest BCUT2D eigenvalue weighted by Gasteiger charge is -2.10. The summed E-state index contributed by atoms with van der Waals surface area (Å²) in [4.78, 5) is 23.6. The third-order valence-corrected chi connectivity index (χ3v) is 2.99. The zero-order chi connectivity index (χ0) is 15.5. The predicted octanol–water partition coefficient (Wildman–Crippen LogP) is 2.31. The van der Waals surface area contributed by atoms with Crippen LogP contribution in [0.2, 0.25) is 0 Å². The van der Waals surface area contributed by atoms with E-state index in [-0.39, 0.29) is 5.91 Å². The molecule has 7 heteroatoms. The van der Waals surface area contributed by atoms with E-state index in [1.54, 1.807) is 12.3 Å². The number of amides is 1. The number of anilines is 4. The van der Waals surface area contributed by atoms with E-state index in [2.05, 4.69) is 25.6 Å². The Hall–Kier alpha value is -3.22. The van der Waals surface area contributed by atoms with Crippen molar-refractivity contribution in [3.8, 4) is 0 Å². The fourth-order valence-electron chi connectivity index (χ4n) is 2.08. The van der Waals surface area contributed by atoms with Gasteiger partial charge in [0.15, 0.2) is 0 Å². The zero-order valence-electron chi connectivity index (χ0n) is 11.9. The molecule has 4 N–H and O–H groups in total. The number of carbonyl (C=O) groups excluding carboxylic acids is 1. The van der Waals surface area contributed by atoms with E-state index < -0.39 is 0 Å². The third kappa shape index (κ3) is 2.93. The van der Waals surface area contributed by atoms with Crippen LogP contribution in [-0.4, -0.2) is 20.9 Å². The molecule has 0 fully saturated rings. The van der Waals surface area contributed by atoms with Gasteiger partial charge in [-0.3, -0.25) is 4.79 Å². The van der Waals surface area contributed by atoms with Gasteiger partial charge in [0.05, 0.1) is 10.9 Å². The first kappa shape index (κ1) is 13.7. The van der Waals surface area contributed by atoms with Gasteiger partial charge >= 0.3 is 0 Å². The van der Waals surface area contributed by atoms with Crippen LogP contribution in [0.15, 0.2) is 42.9 Å². The Morgan fingerprint density at radius 1 is 1.14 bits per heavy atom. The van der Waals surface area contributed by atoms with Gasteiger partial charge in [-0.2, -0.15) is 0 Å². The van der Waals surface area contributed by atoms with Gasteiger partial charge in [-0.05, 0) is 18.2 Å². The average Bonchev–Trinajstić information content (AvgIpc) is 2.47. The largest absolute Gasteiger partial charge is 0.384 e. The highest BCUT2D eigenvalue weighted by Crippen LogP contribution is 2.24. The minimum atomic E-state index is -0.121. The molecule has 0 aliphatic carbocycles. The van der Waals surface area contributed by atoms with Crippen molar-refractivity contribution < 1.29 is 4.79 Å². The number of nitrogen functional groups attached to an aromatic ring is 1. The topological polar surface area (TPSA) is 106 Å². The number of nitrogens with zero attached hydrogens (tertiary/aromatic N) is 3. The third-order valence-electron chi connectivity index (χ3n) is 2.99. The summed E-state index contributed by atoms with van der Waals surface area (Å²) in [6.45, 7) is 1.47. The number of fused-ring (bicyclic) bond motifs is 1. The molecule has 3 aromatic rings. The quantitative estimate of drug-likeness (QED) is 0.684. The summed E-state index contributed by atoms with van der Waals surface area (Å²) in [5, 5.41) is 6.70. The van der Waals surface area contributed by atoms with Crippen LogP contribution in [0, 0.1) is 0 Å². The van der Waals surface area contributed by atoms with Crippen molar-refractivity contribution in [2.75, 3.05) is 16.4 Å². The Labute approximate surface area is 126 Å². The van der Waals surface area contributed by atoms with E-state index in [1.165, 1.54) is 13.3 Å². The lowest BCUT2D eigenvalue weighted by atomic mass is 10.2. The summed E-state index contributed by atoms with van der Waals surface area (Å²) in [7, 11) is 0. The highest BCUT2D eigenvalue weighted by atomic mass is 16.1. The molecular weight excluding hydrogens is 280 g/mol. The van der Waals surface area contributed by atoms with E-state index >= 15 is 0 Å². The molecule has 0 saturated heterocycles. The molecular formula is C15H14N6O. The minimum Gasteiger partial charge on any atom is -0.384 e. The van der Waals surface area contributed by atoms with Gasteiger partial charge in [0.2, 0.25) is 5.91 Å². The van der Waals surface area contributed by atoms with Crippen molar-refractivity contribution in [1.29, 1.82) is 0 Å². The second-order valence-corrected chi connectivity index (χ2v) is 4.74. The van der Waals surface area contributed by atoms with Crippen LogP contribution in [0.4, 0.5) is 23.0 Å². The summed E-state index contributed by atoms with van der Waals surface area (Å²) >= 11 is 0. The summed E-state index contributed by atoms with van der Waals surface area (Å²) < 4.78 is 0. The Morgan fingerprint density at radius 2 is 1.95 bits per heavy atom. The average molecular weight is 294 g/mol. The molecule has 1 amide bonds. The highest BCUT2D eigenvalue weighted by Gasteiger charge is 2.06. The van der Waals surface area contributed by atoms with Crippen LogP contribution >= 0.6 is 0 Å². The van der Waals surface area contributed by atoms with Crippen LogP contribution in [0.3, 0.4) is 0 Å². The van der Waals surface area contributed by atoms with Crippen LogP contribution in [-0.2, 0) is 4.79 Å². The Kier molecular flexibility index (Phi) is 3.53. The first-order valence-electron chi connectivity index (χ1n) is 6.63. The van der Waals surface area contributed by atoms with Crippen molar-refractivity contribution in [2.24, 2.45) is 0 Å². The van der Waals surface area contributed by atoms with Crippen molar-refractivity contribution in [3.63, 3.8) is 0 Å². The number of benzene rings is 1. The van der Waals surface area contributed by atoms with Gasteiger partial charge in [0, 0.05) is 30.6 Å². The number of rotatable bonds is 3. The second kappa shape index (κ2) is 5.65. The fourth-order valence-corrected chi connectivity index (χ4v) is 2.08. The van der Waals surface area contributed by atoms with Gasteiger partial charge in [0.25, 0.3) is 0 Å². The number of hydrogen-bond donors (Lipinski definition) is 3. The summed E-state index contributed by atoms with van der Waals surface area (Å²) in [6.07, 6.45) is 3.09. The number of nitrogens with two attached hydrogens (primary N) is 1. The van der Waals surface area contributed by atoms with Crippen LogP contribution in [0.1, 0.15) is 6.92 Å². The Balaban J connectivity index is 1.95. The zero-order valence-corrected chi connectivity index (χ0v) is 11.9. The number of pyridine rings is 1. The summed E-state index contributed by atoms with van der Waals surface area (Å²) in [6, 6.07) is 9.04. The summed E-state index contributed by atoms with van der Waals surface area (Å²) in [5.41, 5.74) is 7.87. The molecule has 0 aliphatic rings. The van der Waals surface area contributed by atoms with Gasteiger partial charge in [-0.15, -0.1) is 0 Å². The van der Waals surface area contributed by atoms with Gasteiger partial charge in [0.1, 0.15) is 18.0 Å². The lowest BCUT2D eigenvalue weighted by molar-refractivity contribution is -0.114. The van der Waals surface area contributed by atoms with Gasteiger partial charge < -0.3 is 16.4 Å². The SMILES string of the molecule is CC(=O)Nc1cccc(Nc2ncnc3cc(N)ncc23)c1. The molecule has 110 valence electrons. The molecule has 0 atom stereocenters. The number of aromatic nitrogens is 3. The van der Waals surface area contributed by atoms with E-state index in [0.29, 0.717) is 22.8 Å². The van der Waals surface area contributed by atoms with Gasteiger partial charge in [-0.1, -0.05) is 6.07 Å². The number of carbonyl (C=O) groups is 1. The molecule has 0 spiro atoms.